The Labute approximate surface area is 105 Å². The molecule has 0 bridgehead atoms. The molecule has 0 fully saturated rings. The van der Waals surface area contributed by atoms with E-state index in [-0.39, 0.29) is 5.56 Å². The highest BCUT2D eigenvalue weighted by atomic mass is 16.1. The predicted molar refractivity (Wildman–Crippen MR) is 69.6 cm³/mol. The van der Waals surface area contributed by atoms with Crippen molar-refractivity contribution >= 4 is 22.1 Å². The van der Waals surface area contributed by atoms with Crippen LogP contribution < -0.4 is 5.56 Å². The first kappa shape index (κ1) is 10.0. The van der Waals surface area contributed by atoms with Crippen LogP contribution in [0.3, 0.4) is 0 Å². The van der Waals surface area contributed by atoms with Crippen molar-refractivity contribution in [1.82, 2.24) is 30.1 Å². The molecule has 0 aliphatic heterocycles. The molecule has 0 atom stereocenters. The van der Waals surface area contributed by atoms with Gasteiger partial charge in [-0.05, 0) is 12.1 Å². The Kier molecular flexibility index (Phi) is 1.85. The van der Waals surface area contributed by atoms with E-state index in [1.165, 1.54) is 6.20 Å². The van der Waals surface area contributed by atoms with Crippen LogP contribution >= 0.6 is 0 Å². The molecule has 0 aliphatic rings. The number of hydrogen-bond donors (Lipinski definition) is 3. The summed E-state index contributed by atoms with van der Waals surface area (Å²) in [6, 6.07) is 3.77. The number of aromatic nitrogens is 6. The van der Waals surface area contributed by atoms with Crippen molar-refractivity contribution in [2.24, 2.45) is 0 Å². The average molecular weight is 252 g/mol. The van der Waals surface area contributed by atoms with E-state index in [9.17, 15) is 4.79 Å². The maximum Gasteiger partial charge on any atom is 0.262 e. The van der Waals surface area contributed by atoms with Crippen LogP contribution in [0.1, 0.15) is 0 Å². The number of fused-ring (bicyclic) bond motifs is 2. The van der Waals surface area contributed by atoms with Gasteiger partial charge in [-0.1, -0.05) is 0 Å². The Morgan fingerprint density at radius 1 is 1.21 bits per heavy atom. The van der Waals surface area contributed by atoms with Gasteiger partial charge in [0, 0.05) is 18.0 Å². The van der Waals surface area contributed by atoms with Crippen molar-refractivity contribution in [3.8, 4) is 11.4 Å². The maximum atomic E-state index is 11.9. The zero-order chi connectivity index (χ0) is 12.8. The van der Waals surface area contributed by atoms with E-state index in [0.29, 0.717) is 16.9 Å². The molecule has 0 saturated carbocycles. The Bertz CT molecular complexity index is 947. The summed E-state index contributed by atoms with van der Waals surface area (Å²) in [7, 11) is 0. The molecule has 0 radical (unpaired) electrons. The highest BCUT2D eigenvalue weighted by molar-refractivity contribution is 5.80. The molecule has 0 amide bonds. The Hall–Kier alpha value is -2.96. The highest BCUT2D eigenvalue weighted by Gasteiger charge is 2.08. The first-order chi connectivity index (χ1) is 9.31. The molecule has 7 heteroatoms. The molecule has 7 nitrogen and oxygen atoms in total. The molecule has 0 saturated heterocycles. The minimum absolute atomic E-state index is 0.222. The van der Waals surface area contributed by atoms with Crippen LogP contribution in [0.2, 0.25) is 0 Å². The number of hydrogen-bond acceptors (Lipinski definition) is 4. The van der Waals surface area contributed by atoms with Crippen LogP contribution in [0.5, 0.6) is 0 Å². The smallest absolute Gasteiger partial charge is 0.262 e. The van der Waals surface area contributed by atoms with Crippen molar-refractivity contribution in [1.29, 1.82) is 0 Å². The summed E-state index contributed by atoms with van der Waals surface area (Å²) in [6.07, 6.45) is 4.95. The standard InChI is InChI=1S/C12H8N6O/c19-12-7-5-15-18-11(7)16-10(17-12)6-3-9-8(14-4-6)1-2-13-9/h1-5,13H,(H2,15,16,17,18,19). The van der Waals surface area contributed by atoms with Gasteiger partial charge in [0.15, 0.2) is 5.65 Å². The monoisotopic (exact) mass is 252 g/mol. The molecule has 0 spiro atoms. The fourth-order valence-electron chi connectivity index (χ4n) is 2.05. The lowest BCUT2D eigenvalue weighted by Crippen LogP contribution is -2.08. The second-order valence-electron chi connectivity index (χ2n) is 4.18. The Balaban J connectivity index is 1.99. The third kappa shape index (κ3) is 1.45. The zero-order valence-corrected chi connectivity index (χ0v) is 9.64. The maximum absolute atomic E-state index is 11.9. The number of pyridine rings is 1. The van der Waals surface area contributed by atoms with Crippen LogP contribution in [-0.4, -0.2) is 30.1 Å². The SMILES string of the molecule is O=c1[nH]c(-c2cnc3cc[nH]c3c2)nc2[nH]ncc12. The Morgan fingerprint density at radius 3 is 3.11 bits per heavy atom. The van der Waals surface area contributed by atoms with Crippen LogP contribution in [0.15, 0.2) is 35.5 Å². The minimum atomic E-state index is -0.222. The number of rotatable bonds is 1. The number of nitrogens with zero attached hydrogens (tertiary/aromatic N) is 3. The van der Waals surface area contributed by atoms with Crippen LogP contribution in [-0.2, 0) is 0 Å². The van der Waals surface area contributed by atoms with Gasteiger partial charge in [0.2, 0.25) is 0 Å². The fraction of sp³-hybridized carbons (Fsp3) is 0. The molecule has 0 aromatic carbocycles. The normalized spacial score (nSPS) is 11.4. The van der Waals surface area contributed by atoms with Gasteiger partial charge in [-0.3, -0.25) is 14.9 Å². The molecule has 3 N–H and O–H groups in total. The largest absolute Gasteiger partial charge is 0.360 e. The second-order valence-corrected chi connectivity index (χ2v) is 4.18. The van der Waals surface area contributed by atoms with E-state index >= 15 is 0 Å². The first-order valence-electron chi connectivity index (χ1n) is 5.68. The van der Waals surface area contributed by atoms with E-state index in [4.69, 9.17) is 0 Å². The molecule has 4 aromatic rings. The van der Waals surface area contributed by atoms with Gasteiger partial charge in [-0.2, -0.15) is 5.10 Å². The lowest BCUT2D eigenvalue weighted by atomic mass is 10.2. The second kappa shape index (κ2) is 3.52. The number of nitrogens with one attached hydrogen (secondary N) is 3. The lowest BCUT2D eigenvalue weighted by Gasteiger charge is -2.00. The summed E-state index contributed by atoms with van der Waals surface area (Å²) in [4.78, 5) is 26.3. The highest BCUT2D eigenvalue weighted by Crippen LogP contribution is 2.18. The zero-order valence-electron chi connectivity index (χ0n) is 9.64. The minimum Gasteiger partial charge on any atom is -0.360 e. The van der Waals surface area contributed by atoms with E-state index < -0.39 is 0 Å². The molecule has 0 unspecified atom stereocenters. The van der Waals surface area contributed by atoms with Gasteiger partial charge in [0.05, 0.1) is 17.2 Å². The molecular weight excluding hydrogens is 244 g/mol. The third-order valence-electron chi connectivity index (χ3n) is 2.99. The van der Waals surface area contributed by atoms with Gasteiger partial charge >= 0.3 is 0 Å². The molecule has 19 heavy (non-hydrogen) atoms. The van der Waals surface area contributed by atoms with Crippen molar-refractivity contribution in [3.63, 3.8) is 0 Å². The molecule has 0 aliphatic carbocycles. The van der Waals surface area contributed by atoms with Crippen molar-refractivity contribution in [2.45, 2.75) is 0 Å². The number of aromatic amines is 3. The van der Waals surface area contributed by atoms with Gasteiger partial charge in [-0.15, -0.1) is 0 Å². The van der Waals surface area contributed by atoms with Gasteiger partial charge < -0.3 is 9.97 Å². The van der Waals surface area contributed by atoms with Gasteiger partial charge in [0.1, 0.15) is 11.2 Å². The topological polar surface area (TPSA) is 103 Å². The summed E-state index contributed by atoms with van der Waals surface area (Å²) >= 11 is 0. The third-order valence-corrected chi connectivity index (χ3v) is 2.99. The lowest BCUT2D eigenvalue weighted by molar-refractivity contribution is 1.09. The summed E-state index contributed by atoms with van der Waals surface area (Å²) in [6.45, 7) is 0. The first-order valence-corrected chi connectivity index (χ1v) is 5.68. The summed E-state index contributed by atoms with van der Waals surface area (Å²) < 4.78 is 0. The summed E-state index contributed by atoms with van der Waals surface area (Å²) in [5, 5.41) is 6.94. The van der Waals surface area contributed by atoms with Gasteiger partial charge in [0.25, 0.3) is 5.56 Å². The molecule has 4 heterocycles. The van der Waals surface area contributed by atoms with Crippen LogP contribution in [0.25, 0.3) is 33.5 Å². The number of H-pyrrole nitrogens is 3. The van der Waals surface area contributed by atoms with Crippen LogP contribution in [0, 0.1) is 0 Å². The molecule has 4 aromatic heterocycles. The van der Waals surface area contributed by atoms with E-state index in [1.807, 2.05) is 18.3 Å². The van der Waals surface area contributed by atoms with E-state index in [2.05, 4.69) is 30.1 Å². The quantitative estimate of drug-likeness (QED) is 0.473. The van der Waals surface area contributed by atoms with Crippen molar-refractivity contribution < 1.29 is 0 Å². The average Bonchev–Trinajstić information content (AvgIpc) is 3.06. The Morgan fingerprint density at radius 2 is 2.16 bits per heavy atom. The predicted octanol–water partition coefficient (Wildman–Crippen LogP) is 1.19. The summed E-state index contributed by atoms with van der Waals surface area (Å²) in [5.74, 6) is 0.464. The van der Waals surface area contributed by atoms with Crippen molar-refractivity contribution in [2.75, 3.05) is 0 Å². The van der Waals surface area contributed by atoms with Crippen LogP contribution in [0.4, 0.5) is 0 Å². The van der Waals surface area contributed by atoms with Crippen molar-refractivity contribution in [3.05, 3.63) is 41.1 Å². The van der Waals surface area contributed by atoms with E-state index in [1.54, 1.807) is 6.20 Å². The molecule has 92 valence electrons. The molecule has 4 rings (SSSR count). The fourth-order valence-corrected chi connectivity index (χ4v) is 2.05. The summed E-state index contributed by atoms with van der Waals surface area (Å²) in [5.41, 5.74) is 2.74. The van der Waals surface area contributed by atoms with E-state index in [0.717, 1.165) is 16.6 Å². The molecular formula is C12H8N6O. The van der Waals surface area contributed by atoms with Gasteiger partial charge in [-0.25, -0.2) is 4.98 Å².